The number of nitrogens with one attached hydrogen (secondary N) is 1. The zero-order valence-electron chi connectivity index (χ0n) is 16.4. The fourth-order valence-electron chi connectivity index (χ4n) is 3.45. The first-order valence-corrected chi connectivity index (χ1v) is 9.50. The molecule has 0 aliphatic carbocycles. The highest BCUT2D eigenvalue weighted by atomic mass is 32.1. The minimum Gasteiger partial charge on any atom is -0.453 e. The second-order valence-electron chi connectivity index (χ2n) is 6.79. The Hall–Kier alpha value is -3.00. The van der Waals surface area contributed by atoms with Crippen molar-refractivity contribution in [3.63, 3.8) is 0 Å². The molecule has 0 fully saturated rings. The standard InChI is InChI=1S/C20H21N3O4S/c1-8-6-9(2)22-19-14(8)16(21)18(28-19)20(26)27-7-13(25)17-10(3)15(12(5)24)11(4)23-17/h6,23H,7,21H2,1-5H3. The number of nitrogens with zero attached hydrogens (tertiary/aromatic N) is 1. The third-order valence-electron chi connectivity index (χ3n) is 4.61. The number of ether oxygens (including phenoxy) is 1. The van der Waals surface area contributed by atoms with Crippen LogP contribution < -0.4 is 5.73 Å². The Morgan fingerprint density at radius 1 is 1.21 bits per heavy atom. The number of esters is 1. The molecule has 3 rings (SSSR count). The van der Waals surface area contributed by atoms with Crippen molar-refractivity contribution < 1.29 is 19.1 Å². The summed E-state index contributed by atoms with van der Waals surface area (Å²) in [5.41, 5.74) is 10.1. The van der Waals surface area contributed by atoms with E-state index in [0.717, 1.165) is 28.0 Å². The van der Waals surface area contributed by atoms with E-state index in [2.05, 4.69) is 9.97 Å². The van der Waals surface area contributed by atoms with Gasteiger partial charge in [-0.25, -0.2) is 9.78 Å². The van der Waals surface area contributed by atoms with Crippen LogP contribution >= 0.6 is 11.3 Å². The maximum atomic E-state index is 12.5. The number of rotatable bonds is 5. The molecule has 0 aromatic carbocycles. The van der Waals surface area contributed by atoms with E-state index in [0.29, 0.717) is 27.3 Å². The Labute approximate surface area is 165 Å². The van der Waals surface area contributed by atoms with E-state index in [1.54, 1.807) is 13.8 Å². The van der Waals surface area contributed by atoms with Crippen LogP contribution in [0.5, 0.6) is 0 Å². The highest BCUT2D eigenvalue weighted by molar-refractivity contribution is 7.21. The molecule has 0 saturated carbocycles. The number of nitrogen functional groups attached to an aromatic ring is 1. The highest BCUT2D eigenvalue weighted by Gasteiger charge is 2.23. The number of anilines is 1. The summed E-state index contributed by atoms with van der Waals surface area (Å²) >= 11 is 1.15. The van der Waals surface area contributed by atoms with Crippen LogP contribution in [0.4, 0.5) is 5.69 Å². The van der Waals surface area contributed by atoms with Gasteiger partial charge < -0.3 is 15.5 Å². The largest absolute Gasteiger partial charge is 0.453 e. The number of aryl methyl sites for hydroxylation is 3. The molecule has 0 spiro atoms. The first-order chi connectivity index (χ1) is 13.1. The predicted octanol–water partition coefficient (Wildman–Crippen LogP) is 3.68. The van der Waals surface area contributed by atoms with E-state index >= 15 is 0 Å². The molecule has 0 radical (unpaired) electrons. The topological polar surface area (TPSA) is 115 Å². The molecule has 3 N–H and O–H groups in total. The smallest absolute Gasteiger partial charge is 0.350 e. The van der Waals surface area contributed by atoms with Gasteiger partial charge in [0.25, 0.3) is 0 Å². The van der Waals surface area contributed by atoms with Gasteiger partial charge in [0.15, 0.2) is 12.4 Å². The molecule has 3 aromatic heterocycles. The van der Waals surface area contributed by atoms with Gasteiger partial charge in [-0.3, -0.25) is 9.59 Å². The second-order valence-corrected chi connectivity index (χ2v) is 7.79. The van der Waals surface area contributed by atoms with Crippen LogP contribution in [-0.2, 0) is 4.74 Å². The molecule has 8 heteroatoms. The van der Waals surface area contributed by atoms with E-state index in [9.17, 15) is 14.4 Å². The molecule has 3 heterocycles. The number of fused-ring (bicyclic) bond motifs is 1. The first-order valence-electron chi connectivity index (χ1n) is 8.68. The summed E-state index contributed by atoms with van der Waals surface area (Å²) in [7, 11) is 0. The summed E-state index contributed by atoms with van der Waals surface area (Å²) in [6.45, 7) is 8.18. The van der Waals surface area contributed by atoms with Gasteiger partial charge in [0.1, 0.15) is 9.71 Å². The van der Waals surface area contributed by atoms with E-state index in [1.807, 2.05) is 19.9 Å². The number of hydrogen-bond acceptors (Lipinski definition) is 7. The summed E-state index contributed by atoms with van der Waals surface area (Å²) in [4.78, 5) is 44.9. The summed E-state index contributed by atoms with van der Waals surface area (Å²) in [5.74, 6) is -1.21. The first kappa shape index (κ1) is 19.8. The average molecular weight is 399 g/mol. The fraction of sp³-hybridized carbons (Fsp3) is 0.300. The summed E-state index contributed by atoms with van der Waals surface area (Å²) in [6, 6.07) is 1.90. The predicted molar refractivity (Wildman–Crippen MR) is 108 cm³/mol. The van der Waals surface area contributed by atoms with Crippen molar-refractivity contribution in [2.24, 2.45) is 0 Å². The number of aromatic nitrogens is 2. The molecule has 3 aromatic rings. The van der Waals surface area contributed by atoms with E-state index in [4.69, 9.17) is 10.5 Å². The average Bonchev–Trinajstić information content (AvgIpc) is 3.08. The Morgan fingerprint density at radius 2 is 1.89 bits per heavy atom. The van der Waals surface area contributed by atoms with Crippen LogP contribution in [0.3, 0.4) is 0 Å². The van der Waals surface area contributed by atoms with Crippen molar-refractivity contribution in [3.05, 3.63) is 44.7 Å². The highest BCUT2D eigenvalue weighted by Crippen LogP contribution is 2.35. The zero-order chi connectivity index (χ0) is 20.7. The van der Waals surface area contributed by atoms with Gasteiger partial charge in [-0.1, -0.05) is 0 Å². The lowest BCUT2D eigenvalue weighted by atomic mass is 10.1. The lowest BCUT2D eigenvalue weighted by Gasteiger charge is -2.04. The van der Waals surface area contributed by atoms with Gasteiger partial charge in [-0.15, -0.1) is 11.3 Å². The van der Waals surface area contributed by atoms with Gasteiger partial charge in [0.05, 0.1) is 11.4 Å². The van der Waals surface area contributed by atoms with E-state index < -0.39 is 18.4 Å². The molecule has 0 aliphatic heterocycles. The van der Waals surface area contributed by atoms with Crippen LogP contribution in [-0.4, -0.2) is 34.1 Å². The Kier molecular flexibility index (Phi) is 5.08. The Balaban J connectivity index is 1.81. The molecular formula is C20H21N3O4S. The molecule has 0 atom stereocenters. The maximum absolute atomic E-state index is 12.5. The van der Waals surface area contributed by atoms with Gasteiger partial charge >= 0.3 is 5.97 Å². The number of Topliss-reactive ketones (excluding diaryl/α,β-unsaturated/α-hetero) is 2. The van der Waals surface area contributed by atoms with E-state index in [1.165, 1.54) is 6.92 Å². The van der Waals surface area contributed by atoms with Gasteiger partial charge in [0.2, 0.25) is 5.78 Å². The molecular weight excluding hydrogens is 378 g/mol. The van der Waals surface area contributed by atoms with Crippen molar-refractivity contribution in [3.8, 4) is 0 Å². The number of nitrogens with two attached hydrogens (primary N) is 1. The molecule has 0 saturated heterocycles. The third kappa shape index (κ3) is 3.31. The Morgan fingerprint density at radius 3 is 2.50 bits per heavy atom. The van der Waals surface area contributed by atoms with Crippen molar-refractivity contribution in [1.82, 2.24) is 9.97 Å². The third-order valence-corrected chi connectivity index (χ3v) is 5.69. The summed E-state index contributed by atoms with van der Waals surface area (Å²) < 4.78 is 5.20. The molecule has 0 unspecified atom stereocenters. The lowest BCUT2D eigenvalue weighted by Crippen LogP contribution is -2.15. The number of pyridine rings is 1. The summed E-state index contributed by atoms with van der Waals surface area (Å²) in [6.07, 6.45) is 0. The second kappa shape index (κ2) is 7.20. The van der Waals surface area contributed by atoms with E-state index in [-0.39, 0.29) is 16.4 Å². The van der Waals surface area contributed by atoms with Crippen LogP contribution in [0.2, 0.25) is 0 Å². The molecule has 0 amide bonds. The molecule has 146 valence electrons. The van der Waals surface area contributed by atoms with Crippen LogP contribution in [0, 0.1) is 27.7 Å². The number of carbonyl (C=O) groups excluding carboxylic acids is 3. The quantitative estimate of drug-likeness (QED) is 0.499. The normalized spacial score (nSPS) is 11.0. The Bertz CT molecular complexity index is 1140. The monoisotopic (exact) mass is 399 g/mol. The van der Waals surface area contributed by atoms with Gasteiger partial charge in [0, 0.05) is 22.3 Å². The molecule has 7 nitrogen and oxygen atoms in total. The SMILES string of the molecule is CC(=O)c1c(C)[nH]c(C(=O)COC(=O)c2sc3nc(C)cc(C)c3c2N)c1C. The minimum absolute atomic E-state index is 0.126. The zero-order valence-corrected chi connectivity index (χ0v) is 17.2. The molecule has 0 bridgehead atoms. The molecule has 0 aliphatic rings. The number of H-pyrrole nitrogens is 1. The number of carbonyl (C=O) groups is 3. The van der Waals surface area contributed by atoms with Gasteiger partial charge in [-0.2, -0.15) is 0 Å². The minimum atomic E-state index is -0.668. The van der Waals surface area contributed by atoms with Crippen molar-refractivity contribution in [2.75, 3.05) is 12.3 Å². The number of ketones is 2. The van der Waals surface area contributed by atoms with Crippen LogP contribution in [0.1, 0.15) is 60.0 Å². The van der Waals surface area contributed by atoms with Crippen LogP contribution in [0.15, 0.2) is 6.07 Å². The van der Waals surface area contributed by atoms with Crippen molar-refractivity contribution in [1.29, 1.82) is 0 Å². The molecule has 28 heavy (non-hydrogen) atoms. The van der Waals surface area contributed by atoms with Crippen molar-refractivity contribution in [2.45, 2.75) is 34.6 Å². The number of aromatic amines is 1. The maximum Gasteiger partial charge on any atom is 0.350 e. The number of hydrogen-bond donors (Lipinski definition) is 2. The summed E-state index contributed by atoms with van der Waals surface area (Å²) in [5, 5.41) is 0.732. The fourth-order valence-corrected chi connectivity index (χ4v) is 4.56. The van der Waals surface area contributed by atoms with Crippen LogP contribution in [0.25, 0.3) is 10.2 Å². The number of thiophene rings is 1. The van der Waals surface area contributed by atoms with Gasteiger partial charge in [-0.05, 0) is 51.8 Å². The lowest BCUT2D eigenvalue weighted by molar-refractivity contribution is 0.0479. The van der Waals surface area contributed by atoms with Crippen molar-refractivity contribution >= 4 is 44.8 Å².